The molecule has 1 unspecified atom stereocenters. The zero-order chi connectivity index (χ0) is 10.2. The van der Waals surface area contributed by atoms with Crippen molar-refractivity contribution in [3.8, 4) is 0 Å². The molecule has 1 saturated heterocycles. The van der Waals surface area contributed by atoms with E-state index in [2.05, 4.69) is 0 Å². The third-order valence-corrected chi connectivity index (χ3v) is 3.48. The highest BCUT2D eigenvalue weighted by molar-refractivity contribution is 8.14. The lowest BCUT2D eigenvalue weighted by molar-refractivity contribution is -0.134. The summed E-state index contributed by atoms with van der Waals surface area (Å²) in [6, 6.07) is 0. The van der Waals surface area contributed by atoms with Crippen molar-refractivity contribution in [1.29, 1.82) is 0 Å². The molecule has 1 rings (SSSR count). The van der Waals surface area contributed by atoms with E-state index in [-0.39, 0.29) is 11.5 Å². The fourth-order valence-corrected chi connectivity index (χ4v) is 2.91. The molecule has 0 aliphatic carbocycles. The summed E-state index contributed by atoms with van der Waals surface area (Å²) < 4.78 is 30.0. The molecule has 74 valence electrons. The Labute approximate surface area is 79.2 Å². The standard InChI is InChI=1S/C5H7NO5S2/c1-3(7)12-5-2-4(8)6(5)13(9,10)11/h5H,2H2,1H3,(H,9,10,11). The molecule has 1 aliphatic rings. The van der Waals surface area contributed by atoms with Gasteiger partial charge in [0, 0.05) is 6.92 Å². The van der Waals surface area contributed by atoms with Gasteiger partial charge >= 0.3 is 10.3 Å². The van der Waals surface area contributed by atoms with Crippen molar-refractivity contribution in [2.75, 3.05) is 0 Å². The Kier molecular flexibility index (Phi) is 2.64. The smallest absolute Gasteiger partial charge is 0.287 e. The van der Waals surface area contributed by atoms with E-state index in [0.717, 1.165) is 0 Å². The summed E-state index contributed by atoms with van der Waals surface area (Å²) in [5.41, 5.74) is 0. The summed E-state index contributed by atoms with van der Waals surface area (Å²) >= 11 is 0.707. The zero-order valence-electron chi connectivity index (χ0n) is 6.63. The summed E-state index contributed by atoms with van der Waals surface area (Å²) in [6.07, 6.45) is -0.0377. The highest BCUT2D eigenvalue weighted by Crippen LogP contribution is 2.31. The number of carbonyl (C=O) groups is 2. The second kappa shape index (κ2) is 3.28. The van der Waals surface area contributed by atoms with E-state index in [0.29, 0.717) is 16.1 Å². The van der Waals surface area contributed by atoms with Crippen LogP contribution in [-0.4, -0.2) is 33.7 Å². The monoisotopic (exact) mass is 225 g/mol. The van der Waals surface area contributed by atoms with Gasteiger partial charge in [-0.05, 0) is 0 Å². The molecule has 1 amide bonds. The molecule has 0 aromatic carbocycles. The first-order chi connectivity index (χ1) is 5.82. The number of amides is 1. The van der Waals surface area contributed by atoms with Crippen LogP contribution in [0.5, 0.6) is 0 Å². The fraction of sp³-hybridized carbons (Fsp3) is 0.600. The highest BCUT2D eigenvalue weighted by Gasteiger charge is 2.44. The minimum absolute atomic E-state index is 0.0377. The van der Waals surface area contributed by atoms with Crippen LogP contribution in [0.1, 0.15) is 13.3 Å². The summed E-state index contributed by atoms with van der Waals surface area (Å²) in [4.78, 5) is 21.3. The average Bonchev–Trinajstić information content (AvgIpc) is 1.79. The highest BCUT2D eigenvalue weighted by atomic mass is 32.2. The van der Waals surface area contributed by atoms with E-state index < -0.39 is 21.6 Å². The minimum atomic E-state index is -4.50. The Morgan fingerprint density at radius 2 is 2.23 bits per heavy atom. The lowest BCUT2D eigenvalue weighted by Crippen LogP contribution is -2.53. The van der Waals surface area contributed by atoms with E-state index in [1.165, 1.54) is 6.92 Å². The Hall–Kier alpha value is -0.600. The lowest BCUT2D eigenvalue weighted by atomic mass is 10.3. The van der Waals surface area contributed by atoms with Crippen molar-refractivity contribution in [1.82, 2.24) is 4.31 Å². The zero-order valence-corrected chi connectivity index (χ0v) is 8.26. The van der Waals surface area contributed by atoms with Gasteiger partial charge in [-0.25, -0.2) is 4.31 Å². The molecular formula is C5H7NO5S2. The normalized spacial score (nSPS) is 22.8. The first-order valence-electron chi connectivity index (χ1n) is 3.29. The molecule has 13 heavy (non-hydrogen) atoms. The van der Waals surface area contributed by atoms with Crippen LogP contribution in [0.3, 0.4) is 0 Å². The Balaban J connectivity index is 2.73. The summed E-state index contributed by atoms with van der Waals surface area (Å²) in [5, 5.41) is -1.08. The second-order valence-corrected chi connectivity index (χ2v) is 5.08. The molecule has 1 fully saturated rings. The van der Waals surface area contributed by atoms with Crippen molar-refractivity contribution in [3.05, 3.63) is 0 Å². The first-order valence-corrected chi connectivity index (χ1v) is 5.57. The van der Waals surface area contributed by atoms with Gasteiger partial charge in [0.2, 0.25) is 5.91 Å². The number of hydrogen-bond donors (Lipinski definition) is 1. The maximum absolute atomic E-state index is 10.7. The van der Waals surface area contributed by atoms with Gasteiger partial charge in [-0.3, -0.25) is 14.1 Å². The topological polar surface area (TPSA) is 91.8 Å². The van der Waals surface area contributed by atoms with Gasteiger partial charge in [-0.2, -0.15) is 8.42 Å². The van der Waals surface area contributed by atoms with Crippen LogP contribution in [0, 0.1) is 0 Å². The predicted molar refractivity (Wildman–Crippen MR) is 45.1 cm³/mol. The molecule has 0 aromatic rings. The molecule has 1 N–H and O–H groups in total. The van der Waals surface area contributed by atoms with Gasteiger partial charge in [-0.1, -0.05) is 11.8 Å². The summed E-state index contributed by atoms with van der Waals surface area (Å²) in [7, 11) is -4.50. The van der Waals surface area contributed by atoms with E-state index in [4.69, 9.17) is 4.55 Å². The Morgan fingerprint density at radius 1 is 1.69 bits per heavy atom. The van der Waals surface area contributed by atoms with Crippen LogP contribution in [0.2, 0.25) is 0 Å². The van der Waals surface area contributed by atoms with E-state index in [9.17, 15) is 18.0 Å². The van der Waals surface area contributed by atoms with Crippen molar-refractivity contribution in [3.63, 3.8) is 0 Å². The van der Waals surface area contributed by atoms with Crippen molar-refractivity contribution >= 4 is 33.1 Å². The van der Waals surface area contributed by atoms with Crippen LogP contribution in [0.25, 0.3) is 0 Å². The van der Waals surface area contributed by atoms with Crippen LogP contribution in [-0.2, 0) is 19.9 Å². The number of nitrogens with zero attached hydrogens (tertiary/aromatic N) is 1. The molecular weight excluding hydrogens is 218 g/mol. The van der Waals surface area contributed by atoms with Crippen LogP contribution in [0.15, 0.2) is 0 Å². The lowest BCUT2D eigenvalue weighted by Gasteiger charge is -2.35. The van der Waals surface area contributed by atoms with Gasteiger partial charge in [0.25, 0.3) is 0 Å². The maximum Gasteiger partial charge on any atom is 0.363 e. The SMILES string of the molecule is CC(=O)SC1CC(=O)N1S(=O)(=O)O. The van der Waals surface area contributed by atoms with Crippen LogP contribution >= 0.6 is 11.8 Å². The molecule has 8 heteroatoms. The fourth-order valence-electron chi connectivity index (χ4n) is 0.929. The van der Waals surface area contributed by atoms with Gasteiger partial charge in [0.1, 0.15) is 5.37 Å². The van der Waals surface area contributed by atoms with Gasteiger partial charge in [-0.15, -0.1) is 0 Å². The third kappa shape index (κ3) is 2.20. The van der Waals surface area contributed by atoms with Crippen molar-refractivity contribution in [2.24, 2.45) is 0 Å². The number of thioether (sulfide) groups is 1. The summed E-state index contributed by atoms with van der Waals surface area (Å²) in [6.45, 7) is 1.26. The predicted octanol–water partition coefficient (Wildman–Crippen LogP) is -0.373. The molecule has 6 nitrogen and oxygen atoms in total. The maximum atomic E-state index is 10.7. The minimum Gasteiger partial charge on any atom is -0.287 e. The number of hydrogen-bond acceptors (Lipinski definition) is 5. The largest absolute Gasteiger partial charge is 0.363 e. The number of β-lactam (4-membered cyclic amide) rings is 1. The first kappa shape index (κ1) is 10.5. The molecule has 1 heterocycles. The number of carbonyl (C=O) groups excluding carboxylic acids is 2. The Morgan fingerprint density at radius 3 is 2.54 bits per heavy atom. The molecule has 0 saturated carbocycles. The van der Waals surface area contributed by atoms with Crippen molar-refractivity contribution in [2.45, 2.75) is 18.7 Å². The molecule has 0 aromatic heterocycles. The molecule has 0 radical (unpaired) electrons. The van der Waals surface area contributed by atoms with Gasteiger partial charge < -0.3 is 0 Å². The van der Waals surface area contributed by atoms with E-state index in [1.807, 2.05) is 0 Å². The number of rotatable bonds is 2. The van der Waals surface area contributed by atoms with Crippen LogP contribution < -0.4 is 0 Å². The van der Waals surface area contributed by atoms with E-state index in [1.54, 1.807) is 0 Å². The van der Waals surface area contributed by atoms with Crippen LogP contribution in [0.4, 0.5) is 0 Å². The molecule has 1 aliphatic heterocycles. The Bertz CT molecular complexity index is 348. The molecule has 1 atom stereocenters. The van der Waals surface area contributed by atoms with Gasteiger partial charge in [0.05, 0.1) is 6.42 Å². The summed E-state index contributed by atoms with van der Waals surface area (Å²) in [5.74, 6) is -0.693. The van der Waals surface area contributed by atoms with Crippen molar-refractivity contribution < 1.29 is 22.6 Å². The third-order valence-electron chi connectivity index (χ3n) is 1.41. The average molecular weight is 225 g/mol. The quantitative estimate of drug-likeness (QED) is 0.509. The molecule has 0 spiro atoms. The van der Waals surface area contributed by atoms with E-state index >= 15 is 0 Å². The second-order valence-electron chi connectivity index (χ2n) is 2.44. The van der Waals surface area contributed by atoms with Gasteiger partial charge in [0.15, 0.2) is 5.12 Å². The molecule has 0 bridgehead atoms.